The zero-order valence-corrected chi connectivity index (χ0v) is 16.3. The Labute approximate surface area is 172 Å². The lowest BCUT2D eigenvalue weighted by atomic mass is 10.1. The van der Waals surface area contributed by atoms with Crippen molar-refractivity contribution in [2.45, 2.75) is 31.7 Å². The van der Waals surface area contributed by atoms with Gasteiger partial charge in [0.05, 0.1) is 23.7 Å². The smallest absolute Gasteiger partial charge is 0.314 e. The number of hydrogen-bond acceptors (Lipinski definition) is 7. The van der Waals surface area contributed by atoms with Crippen molar-refractivity contribution in [2.75, 3.05) is 11.1 Å². The second kappa shape index (κ2) is 7.40. The average molecular weight is 401 g/mol. The number of carbonyl (C=O) groups is 2. The largest absolute Gasteiger partial charge is 0.383 e. The lowest BCUT2D eigenvalue weighted by Crippen LogP contribution is -2.43. The van der Waals surface area contributed by atoms with Gasteiger partial charge < -0.3 is 16.4 Å². The lowest BCUT2D eigenvalue weighted by Gasteiger charge is -2.13. The first kappa shape index (κ1) is 19.3. The molecule has 150 valence electrons. The fraction of sp³-hybridized carbons (Fsp3) is 0.238. The molecule has 0 aliphatic heterocycles. The molecule has 1 fully saturated rings. The van der Waals surface area contributed by atoms with Crippen LogP contribution in [0.2, 0.25) is 0 Å². The molecular weight excluding hydrogens is 382 g/mol. The second-order valence-corrected chi connectivity index (χ2v) is 7.40. The van der Waals surface area contributed by atoms with Crippen molar-refractivity contribution >= 4 is 34.2 Å². The minimum absolute atomic E-state index is 0.184. The Morgan fingerprint density at radius 1 is 1.27 bits per heavy atom. The molecule has 2 amide bonds. The third-order valence-corrected chi connectivity index (χ3v) is 5.16. The van der Waals surface area contributed by atoms with E-state index in [9.17, 15) is 9.59 Å². The van der Waals surface area contributed by atoms with E-state index in [0.29, 0.717) is 29.7 Å². The standard InChI is InChI=1S/C21H19N7O2/c1-12-2-7-24-10-14(12)16-8-13-9-17(25-11-15(13)18(23)26-16)27-19(29)20(30)28-21(3-4-21)5-6-22/h2,7-11H,3-5H2,1H3,(H2,23,26)(H,28,30)(H,25,27,29). The van der Waals surface area contributed by atoms with E-state index < -0.39 is 17.4 Å². The number of rotatable bonds is 4. The minimum Gasteiger partial charge on any atom is -0.383 e. The van der Waals surface area contributed by atoms with E-state index in [2.05, 4.69) is 25.6 Å². The van der Waals surface area contributed by atoms with Gasteiger partial charge in [-0.25, -0.2) is 9.97 Å². The number of pyridine rings is 3. The van der Waals surface area contributed by atoms with Gasteiger partial charge in [0.2, 0.25) is 0 Å². The molecule has 30 heavy (non-hydrogen) atoms. The Hall–Kier alpha value is -4.06. The zero-order valence-electron chi connectivity index (χ0n) is 16.3. The number of hydrogen-bond donors (Lipinski definition) is 3. The highest BCUT2D eigenvalue weighted by molar-refractivity contribution is 6.39. The number of amides is 2. The van der Waals surface area contributed by atoms with E-state index in [0.717, 1.165) is 16.5 Å². The molecule has 9 heteroatoms. The Balaban J connectivity index is 1.58. The minimum atomic E-state index is -0.837. The molecule has 0 aromatic carbocycles. The first-order valence-electron chi connectivity index (χ1n) is 9.38. The van der Waals surface area contributed by atoms with Gasteiger partial charge in [0, 0.05) is 29.5 Å². The number of fused-ring (bicyclic) bond motifs is 1. The highest BCUT2D eigenvalue weighted by atomic mass is 16.2. The number of carbonyl (C=O) groups excluding carboxylic acids is 2. The van der Waals surface area contributed by atoms with Crippen LogP contribution < -0.4 is 16.4 Å². The van der Waals surface area contributed by atoms with Crippen LogP contribution >= 0.6 is 0 Å². The van der Waals surface area contributed by atoms with E-state index >= 15 is 0 Å². The van der Waals surface area contributed by atoms with E-state index in [1.165, 1.54) is 6.20 Å². The van der Waals surface area contributed by atoms with Gasteiger partial charge >= 0.3 is 11.8 Å². The van der Waals surface area contributed by atoms with Crippen molar-refractivity contribution in [1.82, 2.24) is 20.3 Å². The number of anilines is 2. The molecule has 4 N–H and O–H groups in total. The summed E-state index contributed by atoms with van der Waals surface area (Å²) in [6.07, 6.45) is 6.49. The topological polar surface area (TPSA) is 147 Å². The molecule has 9 nitrogen and oxygen atoms in total. The van der Waals surface area contributed by atoms with E-state index in [1.807, 2.05) is 25.1 Å². The van der Waals surface area contributed by atoms with E-state index in [-0.39, 0.29) is 12.2 Å². The van der Waals surface area contributed by atoms with E-state index in [1.54, 1.807) is 18.5 Å². The van der Waals surface area contributed by atoms with Crippen molar-refractivity contribution in [3.63, 3.8) is 0 Å². The van der Waals surface area contributed by atoms with Gasteiger partial charge in [0.1, 0.15) is 11.6 Å². The SMILES string of the molecule is Cc1ccncc1-c1cc2cc(NC(=O)C(=O)NC3(CC#N)CC3)ncc2c(N)n1. The van der Waals surface area contributed by atoms with Crippen molar-refractivity contribution in [3.8, 4) is 17.3 Å². The summed E-state index contributed by atoms with van der Waals surface area (Å²) in [6.45, 7) is 1.95. The number of aryl methyl sites for hydroxylation is 1. The first-order chi connectivity index (χ1) is 14.4. The molecule has 1 aliphatic rings. The summed E-state index contributed by atoms with van der Waals surface area (Å²) >= 11 is 0. The number of nitrogens with one attached hydrogen (secondary N) is 2. The Bertz CT molecular complexity index is 1210. The molecule has 0 atom stereocenters. The van der Waals surface area contributed by atoms with Gasteiger partial charge in [-0.2, -0.15) is 5.26 Å². The van der Waals surface area contributed by atoms with Gasteiger partial charge in [-0.15, -0.1) is 0 Å². The second-order valence-electron chi connectivity index (χ2n) is 7.40. The summed E-state index contributed by atoms with van der Waals surface area (Å²) in [5, 5.41) is 15.3. The number of nitrogen functional groups attached to an aromatic ring is 1. The maximum atomic E-state index is 12.3. The van der Waals surface area contributed by atoms with Crippen LogP contribution in [0.25, 0.3) is 22.0 Å². The van der Waals surface area contributed by atoms with Gasteiger partial charge in [-0.1, -0.05) is 0 Å². The molecule has 0 radical (unpaired) electrons. The normalized spacial score (nSPS) is 14.0. The van der Waals surface area contributed by atoms with Crippen LogP contribution in [0.4, 0.5) is 11.6 Å². The van der Waals surface area contributed by atoms with Crippen LogP contribution in [-0.4, -0.2) is 32.3 Å². The quantitative estimate of drug-likeness (QED) is 0.567. The Morgan fingerprint density at radius 3 is 2.77 bits per heavy atom. The van der Waals surface area contributed by atoms with Crippen molar-refractivity contribution in [2.24, 2.45) is 0 Å². The van der Waals surface area contributed by atoms with Crippen LogP contribution in [0.5, 0.6) is 0 Å². The van der Waals surface area contributed by atoms with Crippen LogP contribution in [0.15, 0.2) is 36.8 Å². The predicted molar refractivity (Wildman–Crippen MR) is 111 cm³/mol. The highest BCUT2D eigenvalue weighted by Gasteiger charge is 2.44. The van der Waals surface area contributed by atoms with Gasteiger partial charge in [0.15, 0.2) is 0 Å². The number of aromatic nitrogens is 3. The van der Waals surface area contributed by atoms with Gasteiger partial charge in [-0.3, -0.25) is 14.6 Å². The summed E-state index contributed by atoms with van der Waals surface area (Å²) in [6, 6.07) is 7.38. The van der Waals surface area contributed by atoms with Crippen molar-refractivity contribution in [1.29, 1.82) is 5.26 Å². The Kier molecular flexibility index (Phi) is 4.75. The number of nitrogens with zero attached hydrogens (tertiary/aromatic N) is 4. The maximum absolute atomic E-state index is 12.3. The number of nitriles is 1. The molecule has 1 aliphatic carbocycles. The summed E-state index contributed by atoms with van der Waals surface area (Å²) in [5.41, 5.74) is 8.03. The lowest BCUT2D eigenvalue weighted by molar-refractivity contribution is -0.136. The van der Waals surface area contributed by atoms with Crippen LogP contribution in [0.1, 0.15) is 24.8 Å². The summed E-state index contributed by atoms with van der Waals surface area (Å²) < 4.78 is 0. The summed E-state index contributed by atoms with van der Waals surface area (Å²) in [4.78, 5) is 37.2. The van der Waals surface area contributed by atoms with Crippen molar-refractivity contribution in [3.05, 3.63) is 42.4 Å². The van der Waals surface area contributed by atoms with Crippen LogP contribution in [-0.2, 0) is 9.59 Å². The van der Waals surface area contributed by atoms with Gasteiger partial charge in [0.25, 0.3) is 0 Å². The summed E-state index contributed by atoms with van der Waals surface area (Å²) in [7, 11) is 0. The molecule has 0 saturated heterocycles. The zero-order chi connectivity index (χ0) is 21.3. The molecule has 3 aromatic heterocycles. The average Bonchev–Trinajstić information content (AvgIpc) is 3.47. The number of nitrogens with two attached hydrogens (primary N) is 1. The predicted octanol–water partition coefficient (Wildman–Crippen LogP) is 2.08. The fourth-order valence-electron chi connectivity index (χ4n) is 3.23. The molecule has 1 saturated carbocycles. The molecule has 3 heterocycles. The van der Waals surface area contributed by atoms with Crippen LogP contribution in [0, 0.1) is 18.3 Å². The molecule has 3 aromatic rings. The van der Waals surface area contributed by atoms with Crippen LogP contribution in [0.3, 0.4) is 0 Å². The summed E-state index contributed by atoms with van der Waals surface area (Å²) in [5.74, 6) is -1.10. The third kappa shape index (κ3) is 3.75. The van der Waals surface area contributed by atoms with Crippen molar-refractivity contribution < 1.29 is 9.59 Å². The molecular formula is C21H19N7O2. The Morgan fingerprint density at radius 2 is 2.07 bits per heavy atom. The van der Waals surface area contributed by atoms with Gasteiger partial charge in [-0.05, 0) is 48.9 Å². The molecule has 0 spiro atoms. The fourth-order valence-corrected chi connectivity index (χ4v) is 3.23. The molecule has 0 unspecified atom stereocenters. The van der Waals surface area contributed by atoms with E-state index in [4.69, 9.17) is 11.0 Å². The molecule has 4 rings (SSSR count). The maximum Gasteiger partial charge on any atom is 0.314 e. The monoisotopic (exact) mass is 401 g/mol. The first-order valence-corrected chi connectivity index (χ1v) is 9.38. The molecule has 0 bridgehead atoms. The highest BCUT2D eigenvalue weighted by Crippen LogP contribution is 2.38. The third-order valence-electron chi connectivity index (χ3n) is 5.16.